The fourth-order valence-electron chi connectivity index (χ4n) is 3.54. The van der Waals surface area contributed by atoms with E-state index in [0.29, 0.717) is 24.2 Å². The van der Waals surface area contributed by atoms with Crippen molar-refractivity contribution in [3.8, 4) is 0 Å². The fraction of sp³-hybridized carbons (Fsp3) is 0.231. The van der Waals surface area contributed by atoms with E-state index in [1.807, 2.05) is 26.8 Å². The number of nitrogens with one attached hydrogen (secondary N) is 2. The third-order valence-electron chi connectivity index (χ3n) is 5.40. The molecule has 0 fully saturated rings. The molecule has 0 bridgehead atoms. The maximum atomic E-state index is 12.6. The first-order valence-electron chi connectivity index (χ1n) is 10.6. The Bertz CT molecular complexity index is 1310. The summed E-state index contributed by atoms with van der Waals surface area (Å²) in [5.74, 6) is -0.488. The highest BCUT2D eigenvalue weighted by molar-refractivity contribution is 7.90. The lowest BCUT2D eigenvalue weighted by molar-refractivity contribution is -0.116. The molecule has 3 aromatic carbocycles. The maximum absolute atomic E-state index is 12.6. The Hall–Kier alpha value is -3.45. The molecule has 0 heterocycles. The molecule has 0 unspecified atom stereocenters. The van der Waals surface area contributed by atoms with Crippen LogP contribution in [0, 0.1) is 20.8 Å². The Labute approximate surface area is 195 Å². The van der Waals surface area contributed by atoms with E-state index in [9.17, 15) is 18.0 Å². The monoisotopic (exact) mass is 464 g/mol. The van der Waals surface area contributed by atoms with Gasteiger partial charge < -0.3 is 10.6 Å². The van der Waals surface area contributed by atoms with Crippen LogP contribution in [0.1, 0.15) is 39.0 Å². The standard InChI is InChI=1S/C26H28N2O4S/c1-17-8-9-20(18(2)14-17)10-13-25(29)27-22-11-12-24(19(3)15-22)28-26(30)21-6-5-7-23(16-21)33(4,31)32/h5-9,11-12,14-16H,10,13H2,1-4H3,(H,27,29)(H,28,30). The first kappa shape index (κ1) is 24.2. The highest BCUT2D eigenvalue weighted by Gasteiger charge is 2.13. The first-order chi connectivity index (χ1) is 15.5. The number of aryl methyl sites for hydroxylation is 4. The number of hydrogen-bond donors (Lipinski definition) is 2. The van der Waals surface area contributed by atoms with Gasteiger partial charge in [-0.05, 0) is 80.3 Å². The minimum Gasteiger partial charge on any atom is -0.326 e. The Kier molecular flexibility index (Phi) is 7.33. The fourth-order valence-corrected chi connectivity index (χ4v) is 4.21. The van der Waals surface area contributed by atoms with Crippen LogP contribution >= 0.6 is 0 Å². The lowest BCUT2D eigenvalue weighted by Gasteiger charge is -2.12. The molecule has 0 aliphatic rings. The minimum atomic E-state index is -3.40. The van der Waals surface area contributed by atoms with E-state index < -0.39 is 15.7 Å². The second-order valence-corrected chi connectivity index (χ2v) is 10.3. The summed E-state index contributed by atoms with van der Waals surface area (Å²) in [6.07, 6.45) is 2.14. The minimum absolute atomic E-state index is 0.0799. The molecule has 33 heavy (non-hydrogen) atoms. The molecule has 7 heteroatoms. The van der Waals surface area contributed by atoms with Gasteiger partial charge in [0.15, 0.2) is 9.84 Å². The lowest BCUT2D eigenvalue weighted by atomic mass is 10.0. The van der Waals surface area contributed by atoms with Crippen molar-refractivity contribution in [3.63, 3.8) is 0 Å². The third-order valence-corrected chi connectivity index (χ3v) is 6.51. The smallest absolute Gasteiger partial charge is 0.255 e. The number of sulfone groups is 1. The topological polar surface area (TPSA) is 92.3 Å². The van der Waals surface area contributed by atoms with Crippen LogP contribution < -0.4 is 10.6 Å². The molecule has 2 N–H and O–H groups in total. The first-order valence-corrected chi connectivity index (χ1v) is 12.5. The van der Waals surface area contributed by atoms with Gasteiger partial charge in [0.05, 0.1) is 4.90 Å². The van der Waals surface area contributed by atoms with Gasteiger partial charge in [-0.1, -0.05) is 29.8 Å². The van der Waals surface area contributed by atoms with E-state index in [0.717, 1.165) is 17.4 Å². The van der Waals surface area contributed by atoms with Crippen LogP contribution in [0.4, 0.5) is 11.4 Å². The highest BCUT2D eigenvalue weighted by atomic mass is 32.2. The number of rotatable bonds is 7. The molecule has 0 saturated carbocycles. The van der Waals surface area contributed by atoms with Crippen LogP contribution in [-0.2, 0) is 21.1 Å². The average Bonchev–Trinajstić information content (AvgIpc) is 2.74. The number of anilines is 2. The predicted octanol–water partition coefficient (Wildman–Crippen LogP) is 4.84. The summed E-state index contributed by atoms with van der Waals surface area (Å²) < 4.78 is 23.5. The lowest BCUT2D eigenvalue weighted by Crippen LogP contribution is -2.15. The normalized spacial score (nSPS) is 11.2. The summed E-state index contributed by atoms with van der Waals surface area (Å²) in [5.41, 5.74) is 5.79. The molecule has 0 atom stereocenters. The summed E-state index contributed by atoms with van der Waals surface area (Å²) in [6.45, 7) is 5.92. The molecule has 172 valence electrons. The summed E-state index contributed by atoms with van der Waals surface area (Å²) in [4.78, 5) is 25.1. The molecule has 0 saturated heterocycles. The van der Waals surface area contributed by atoms with Gasteiger partial charge in [0, 0.05) is 29.6 Å². The zero-order valence-corrected chi connectivity index (χ0v) is 20.0. The van der Waals surface area contributed by atoms with Crippen molar-refractivity contribution < 1.29 is 18.0 Å². The molecule has 0 aromatic heterocycles. The van der Waals surface area contributed by atoms with E-state index in [1.165, 1.54) is 29.3 Å². The van der Waals surface area contributed by atoms with Crippen molar-refractivity contribution in [1.29, 1.82) is 0 Å². The molecule has 6 nitrogen and oxygen atoms in total. The van der Waals surface area contributed by atoms with Gasteiger partial charge in [-0.2, -0.15) is 0 Å². The van der Waals surface area contributed by atoms with Gasteiger partial charge in [0.2, 0.25) is 5.91 Å². The number of carbonyl (C=O) groups is 2. The SMILES string of the molecule is Cc1ccc(CCC(=O)Nc2ccc(NC(=O)c3cccc(S(C)(=O)=O)c3)c(C)c2)c(C)c1. The van der Waals surface area contributed by atoms with Crippen LogP contribution in [0.5, 0.6) is 0 Å². The van der Waals surface area contributed by atoms with Crippen LogP contribution in [0.25, 0.3) is 0 Å². The van der Waals surface area contributed by atoms with Crippen molar-refractivity contribution in [2.45, 2.75) is 38.5 Å². The van der Waals surface area contributed by atoms with Gasteiger partial charge in [0.25, 0.3) is 5.91 Å². The predicted molar refractivity (Wildman–Crippen MR) is 132 cm³/mol. The summed E-state index contributed by atoms with van der Waals surface area (Å²) in [6, 6.07) is 17.4. The van der Waals surface area contributed by atoms with E-state index >= 15 is 0 Å². The zero-order valence-electron chi connectivity index (χ0n) is 19.2. The Morgan fingerprint density at radius 1 is 0.848 bits per heavy atom. The van der Waals surface area contributed by atoms with Crippen molar-refractivity contribution in [1.82, 2.24) is 0 Å². The molecule has 0 aliphatic heterocycles. The van der Waals surface area contributed by atoms with Gasteiger partial charge in [-0.3, -0.25) is 9.59 Å². The molecule has 0 radical (unpaired) electrons. The highest BCUT2D eigenvalue weighted by Crippen LogP contribution is 2.22. The maximum Gasteiger partial charge on any atom is 0.255 e. The van der Waals surface area contributed by atoms with E-state index in [1.54, 1.807) is 24.3 Å². The molecule has 3 rings (SSSR count). The molecule has 0 aliphatic carbocycles. The van der Waals surface area contributed by atoms with Crippen molar-refractivity contribution in [2.24, 2.45) is 0 Å². The van der Waals surface area contributed by atoms with Crippen LogP contribution in [0.3, 0.4) is 0 Å². The Balaban J connectivity index is 1.62. The molecular weight excluding hydrogens is 436 g/mol. The van der Waals surface area contributed by atoms with Crippen molar-refractivity contribution >= 4 is 33.0 Å². The molecule has 3 aromatic rings. The molecule has 0 spiro atoms. The van der Waals surface area contributed by atoms with Gasteiger partial charge in [0.1, 0.15) is 0 Å². The van der Waals surface area contributed by atoms with Crippen molar-refractivity contribution in [3.05, 3.63) is 88.5 Å². The quantitative estimate of drug-likeness (QED) is 0.523. The van der Waals surface area contributed by atoms with E-state index in [4.69, 9.17) is 0 Å². The van der Waals surface area contributed by atoms with Crippen LogP contribution in [0.15, 0.2) is 65.6 Å². The largest absolute Gasteiger partial charge is 0.326 e. The van der Waals surface area contributed by atoms with Gasteiger partial charge in [-0.15, -0.1) is 0 Å². The second-order valence-electron chi connectivity index (χ2n) is 8.26. The number of benzene rings is 3. The van der Waals surface area contributed by atoms with Crippen LogP contribution in [0.2, 0.25) is 0 Å². The zero-order chi connectivity index (χ0) is 24.2. The third kappa shape index (κ3) is 6.52. The van der Waals surface area contributed by atoms with Crippen LogP contribution in [-0.4, -0.2) is 26.5 Å². The van der Waals surface area contributed by atoms with Crippen molar-refractivity contribution in [2.75, 3.05) is 16.9 Å². The van der Waals surface area contributed by atoms with Gasteiger partial charge >= 0.3 is 0 Å². The second kappa shape index (κ2) is 10.0. The number of carbonyl (C=O) groups excluding carboxylic acids is 2. The summed E-state index contributed by atoms with van der Waals surface area (Å²) in [7, 11) is -3.40. The molecule has 2 amide bonds. The number of amides is 2. The number of hydrogen-bond acceptors (Lipinski definition) is 4. The summed E-state index contributed by atoms with van der Waals surface area (Å²) in [5, 5.41) is 5.70. The van der Waals surface area contributed by atoms with Gasteiger partial charge in [-0.25, -0.2) is 8.42 Å². The Morgan fingerprint density at radius 2 is 1.61 bits per heavy atom. The summed E-state index contributed by atoms with van der Waals surface area (Å²) >= 11 is 0. The average molecular weight is 465 g/mol. The molecular formula is C26H28N2O4S. The Morgan fingerprint density at radius 3 is 2.27 bits per heavy atom. The van der Waals surface area contributed by atoms with E-state index in [2.05, 4.69) is 22.8 Å². The van der Waals surface area contributed by atoms with E-state index in [-0.39, 0.29) is 16.4 Å².